The summed E-state index contributed by atoms with van der Waals surface area (Å²) in [7, 11) is 0. The number of piperidine rings is 1. The number of benzene rings is 1. The quantitative estimate of drug-likeness (QED) is 0.912. The van der Waals surface area contributed by atoms with Crippen LogP contribution in [0.4, 0.5) is 0 Å². The number of likely N-dealkylation sites (tertiary alicyclic amines) is 1. The van der Waals surface area contributed by atoms with Gasteiger partial charge in [0.05, 0.1) is 11.6 Å². The highest BCUT2D eigenvalue weighted by molar-refractivity contribution is 5.84. The van der Waals surface area contributed by atoms with E-state index in [0.717, 1.165) is 44.5 Å². The lowest BCUT2D eigenvalue weighted by Crippen LogP contribution is -2.52. The van der Waals surface area contributed by atoms with E-state index >= 15 is 0 Å². The Morgan fingerprint density at radius 2 is 2.04 bits per heavy atom. The highest BCUT2D eigenvalue weighted by Gasteiger charge is 2.52. The van der Waals surface area contributed by atoms with Crippen molar-refractivity contribution in [2.45, 2.75) is 50.3 Å². The van der Waals surface area contributed by atoms with E-state index in [1.54, 1.807) is 12.1 Å². The molecular formula is C20H25N3O2. The SMILES string of the molecule is N#Cc1ccc(O[C@@H]2[C@@H]3CCC(=O)[C@@H]3C[C@H]2N2CCC[C@@H](N)C2)cc1. The molecule has 4 rings (SSSR count). The average Bonchev–Trinajstić information content (AvgIpc) is 3.16. The molecule has 25 heavy (non-hydrogen) atoms. The second kappa shape index (κ2) is 6.78. The van der Waals surface area contributed by atoms with Crippen LogP contribution >= 0.6 is 0 Å². The number of carbonyl (C=O) groups is 1. The molecule has 5 heteroatoms. The molecule has 132 valence electrons. The summed E-state index contributed by atoms with van der Waals surface area (Å²) in [6, 6.07) is 9.92. The van der Waals surface area contributed by atoms with Gasteiger partial charge in [0.2, 0.25) is 0 Å². The van der Waals surface area contributed by atoms with Crippen LogP contribution in [0.2, 0.25) is 0 Å². The first-order valence-corrected chi connectivity index (χ1v) is 9.35. The third kappa shape index (κ3) is 3.17. The molecule has 3 aliphatic rings. The van der Waals surface area contributed by atoms with Crippen molar-refractivity contribution in [2.24, 2.45) is 17.6 Å². The molecule has 2 saturated carbocycles. The number of ketones is 1. The molecule has 1 heterocycles. The van der Waals surface area contributed by atoms with E-state index in [1.165, 1.54) is 0 Å². The van der Waals surface area contributed by atoms with E-state index in [0.29, 0.717) is 23.7 Å². The first-order chi connectivity index (χ1) is 12.2. The van der Waals surface area contributed by atoms with E-state index < -0.39 is 0 Å². The van der Waals surface area contributed by atoms with E-state index in [9.17, 15) is 4.79 Å². The fraction of sp³-hybridized carbons (Fsp3) is 0.600. The Morgan fingerprint density at radius 1 is 1.24 bits per heavy atom. The summed E-state index contributed by atoms with van der Waals surface area (Å²) in [6.07, 6.45) is 4.75. The smallest absolute Gasteiger partial charge is 0.136 e. The van der Waals surface area contributed by atoms with Gasteiger partial charge in [-0.2, -0.15) is 5.26 Å². The zero-order valence-corrected chi connectivity index (χ0v) is 14.4. The third-order valence-corrected chi connectivity index (χ3v) is 6.16. The van der Waals surface area contributed by atoms with Gasteiger partial charge >= 0.3 is 0 Å². The number of Topliss-reactive ketones (excluding diaryl/α,β-unsaturated/α-hetero) is 1. The number of carbonyl (C=O) groups excluding carboxylic acids is 1. The Morgan fingerprint density at radius 3 is 2.76 bits per heavy atom. The fourth-order valence-corrected chi connectivity index (χ4v) is 4.94. The van der Waals surface area contributed by atoms with Gasteiger partial charge in [-0.15, -0.1) is 0 Å². The normalized spacial score (nSPS) is 35.4. The van der Waals surface area contributed by atoms with Crippen LogP contribution in [0.5, 0.6) is 5.75 Å². The molecule has 1 aromatic rings. The number of hydrogen-bond donors (Lipinski definition) is 1. The first kappa shape index (κ1) is 16.6. The van der Waals surface area contributed by atoms with Crippen LogP contribution in [-0.2, 0) is 4.79 Å². The molecule has 0 aromatic heterocycles. The molecule has 2 aliphatic carbocycles. The molecule has 1 aromatic carbocycles. The number of rotatable bonds is 3. The van der Waals surface area contributed by atoms with Crippen molar-refractivity contribution in [2.75, 3.05) is 13.1 Å². The van der Waals surface area contributed by atoms with Crippen molar-refractivity contribution < 1.29 is 9.53 Å². The van der Waals surface area contributed by atoms with E-state index in [1.807, 2.05) is 12.1 Å². The van der Waals surface area contributed by atoms with Gasteiger partial charge in [0.25, 0.3) is 0 Å². The zero-order valence-electron chi connectivity index (χ0n) is 14.4. The van der Waals surface area contributed by atoms with Gasteiger partial charge in [-0.1, -0.05) is 0 Å². The predicted octanol–water partition coefficient (Wildman–Crippen LogP) is 2.10. The van der Waals surface area contributed by atoms with Gasteiger partial charge in [-0.3, -0.25) is 9.69 Å². The fourth-order valence-electron chi connectivity index (χ4n) is 4.94. The lowest BCUT2D eigenvalue weighted by Gasteiger charge is -2.39. The van der Waals surface area contributed by atoms with Crippen molar-refractivity contribution in [3.05, 3.63) is 29.8 Å². The highest BCUT2D eigenvalue weighted by atomic mass is 16.5. The predicted molar refractivity (Wildman–Crippen MR) is 94.0 cm³/mol. The van der Waals surface area contributed by atoms with Crippen LogP contribution < -0.4 is 10.5 Å². The minimum absolute atomic E-state index is 0.0367. The first-order valence-electron chi connectivity index (χ1n) is 9.35. The minimum Gasteiger partial charge on any atom is -0.488 e. The molecule has 2 N–H and O–H groups in total. The van der Waals surface area contributed by atoms with Crippen LogP contribution in [0.3, 0.4) is 0 Å². The summed E-state index contributed by atoms with van der Waals surface area (Å²) >= 11 is 0. The molecule has 3 fully saturated rings. The average molecular weight is 339 g/mol. The topological polar surface area (TPSA) is 79.3 Å². The van der Waals surface area contributed by atoms with Gasteiger partial charge in [0.15, 0.2) is 0 Å². The Labute approximate surface area is 148 Å². The van der Waals surface area contributed by atoms with Crippen LogP contribution in [0.1, 0.15) is 37.7 Å². The van der Waals surface area contributed by atoms with Crippen LogP contribution in [0, 0.1) is 23.2 Å². The van der Waals surface area contributed by atoms with Crippen molar-refractivity contribution >= 4 is 5.78 Å². The van der Waals surface area contributed by atoms with E-state index in [4.69, 9.17) is 15.7 Å². The van der Waals surface area contributed by atoms with Crippen molar-refractivity contribution in [3.8, 4) is 11.8 Å². The third-order valence-electron chi connectivity index (χ3n) is 6.16. The van der Waals surface area contributed by atoms with Gasteiger partial charge in [-0.05, 0) is 56.5 Å². The van der Waals surface area contributed by atoms with E-state index in [-0.39, 0.29) is 24.1 Å². The monoisotopic (exact) mass is 339 g/mol. The number of nitrogens with zero attached hydrogens (tertiary/aromatic N) is 2. The molecular weight excluding hydrogens is 314 g/mol. The van der Waals surface area contributed by atoms with Gasteiger partial charge in [0, 0.05) is 36.9 Å². The summed E-state index contributed by atoms with van der Waals surface area (Å²) in [5.41, 5.74) is 6.82. The van der Waals surface area contributed by atoms with Crippen LogP contribution in [0.15, 0.2) is 24.3 Å². The Kier molecular flexibility index (Phi) is 4.49. The van der Waals surface area contributed by atoms with Gasteiger partial charge in [-0.25, -0.2) is 0 Å². The molecule has 0 unspecified atom stereocenters. The molecule has 0 bridgehead atoms. The van der Waals surface area contributed by atoms with Crippen molar-refractivity contribution in [1.29, 1.82) is 5.26 Å². The van der Waals surface area contributed by atoms with Crippen molar-refractivity contribution in [1.82, 2.24) is 4.90 Å². The van der Waals surface area contributed by atoms with Gasteiger partial charge < -0.3 is 10.5 Å². The Bertz CT molecular complexity index is 681. The number of nitriles is 1. The maximum atomic E-state index is 12.3. The Hall–Kier alpha value is -1.90. The zero-order chi connectivity index (χ0) is 17.4. The second-order valence-electron chi connectivity index (χ2n) is 7.69. The second-order valence-corrected chi connectivity index (χ2v) is 7.69. The maximum Gasteiger partial charge on any atom is 0.136 e. The van der Waals surface area contributed by atoms with Gasteiger partial charge in [0.1, 0.15) is 17.6 Å². The summed E-state index contributed by atoms with van der Waals surface area (Å²) in [4.78, 5) is 14.7. The summed E-state index contributed by atoms with van der Waals surface area (Å²) < 4.78 is 6.39. The van der Waals surface area contributed by atoms with Crippen LogP contribution in [-0.4, -0.2) is 42.0 Å². The lowest BCUT2D eigenvalue weighted by molar-refractivity contribution is -0.121. The largest absolute Gasteiger partial charge is 0.488 e. The minimum atomic E-state index is 0.0367. The number of ether oxygens (including phenoxy) is 1. The summed E-state index contributed by atoms with van der Waals surface area (Å²) in [5.74, 6) is 1.65. The van der Waals surface area contributed by atoms with Crippen molar-refractivity contribution in [3.63, 3.8) is 0 Å². The molecule has 0 spiro atoms. The summed E-state index contributed by atoms with van der Waals surface area (Å²) in [6.45, 7) is 1.94. The van der Waals surface area contributed by atoms with E-state index in [2.05, 4.69) is 11.0 Å². The van der Waals surface area contributed by atoms with Crippen LogP contribution in [0.25, 0.3) is 0 Å². The molecule has 0 radical (unpaired) electrons. The molecule has 0 amide bonds. The lowest BCUT2D eigenvalue weighted by atomic mass is 9.98. The number of hydrogen-bond acceptors (Lipinski definition) is 5. The molecule has 1 saturated heterocycles. The highest BCUT2D eigenvalue weighted by Crippen LogP contribution is 2.46. The number of nitrogens with two attached hydrogens (primary N) is 1. The molecule has 5 nitrogen and oxygen atoms in total. The maximum absolute atomic E-state index is 12.3. The number of fused-ring (bicyclic) bond motifs is 1. The molecule has 1 aliphatic heterocycles. The standard InChI is InChI=1S/C20H25N3O2/c21-11-13-3-5-15(6-4-13)25-20-16-7-8-19(24)17(16)10-18(20)23-9-1-2-14(22)12-23/h3-6,14,16-18,20H,1-2,7-10,12,22H2/t14-,16-,17-,18-,20-/m1/s1. The molecule has 5 atom stereocenters. The Balaban J connectivity index is 1.56. The summed E-state index contributed by atoms with van der Waals surface area (Å²) in [5, 5.41) is 8.96.